The molecule has 2 heteroatoms. The van der Waals surface area contributed by atoms with E-state index in [0.717, 1.165) is 17.1 Å². The number of nitrogens with zero attached hydrogens (tertiary/aromatic N) is 2. The zero-order valence-corrected chi connectivity index (χ0v) is 33.2. The molecule has 0 bridgehead atoms. The van der Waals surface area contributed by atoms with Gasteiger partial charge in [0.2, 0.25) is 0 Å². The molecule has 0 saturated carbocycles. The first-order chi connectivity index (χ1) is 29.0. The number of fused-ring (bicyclic) bond motifs is 6. The molecule has 0 atom stereocenters. The number of benzene rings is 9. The van der Waals surface area contributed by atoms with Crippen LogP contribution in [0.5, 0.6) is 0 Å². The zero-order valence-electron chi connectivity index (χ0n) is 33.2. The molecule has 59 heavy (non-hydrogen) atoms. The topological polar surface area (TPSA) is 8.17 Å². The van der Waals surface area contributed by atoms with E-state index in [1.807, 2.05) is 0 Å². The lowest BCUT2D eigenvalue weighted by molar-refractivity contribution is 0.660. The average molecular weight is 755 g/mol. The van der Waals surface area contributed by atoms with Crippen molar-refractivity contribution in [3.63, 3.8) is 0 Å². The number of para-hydroxylation sites is 1. The zero-order chi connectivity index (χ0) is 39.5. The normalized spacial score (nSPS) is 12.7. The molecule has 0 amide bonds. The van der Waals surface area contributed by atoms with Gasteiger partial charge in [-0.2, -0.15) is 0 Å². The van der Waals surface area contributed by atoms with Crippen molar-refractivity contribution in [2.75, 3.05) is 4.90 Å². The third kappa shape index (κ3) is 5.87. The van der Waals surface area contributed by atoms with Crippen LogP contribution in [-0.4, -0.2) is 4.57 Å². The number of rotatable bonds is 7. The first-order valence-corrected chi connectivity index (χ1v) is 20.5. The summed E-state index contributed by atoms with van der Waals surface area (Å²) in [4.78, 5) is 2.35. The van der Waals surface area contributed by atoms with Crippen molar-refractivity contribution in [2.24, 2.45) is 0 Å². The lowest BCUT2D eigenvalue weighted by Gasteiger charge is -2.26. The minimum absolute atomic E-state index is 0.0627. The molecule has 0 N–H and O–H groups in total. The maximum Gasteiger partial charge on any atom is 0.0541 e. The minimum atomic E-state index is -0.0627. The smallest absolute Gasteiger partial charge is 0.0541 e. The van der Waals surface area contributed by atoms with Crippen LogP contribution in [0.3, 0.4) is 0 Å². The van der Waals surface area contributed by atoms with Gasteiger partial charge in [0.1, 0.15) is 0 Å². The predicted molar refractivity (Wildman–Crippen MR) is 249 cm³/mol. The summed E-state index contributed by atoms with van der Waals surface area (Å²) in [5.41, 5.74) is 19.6. The van der Waals surface area contributed by atoms with Gasteiger partial charge in [-0.3, -0.25) is 0 Å². The molecular weight excluding hydrogens is 713 g/mol. The summed E-state index contributed by atoms with van der Waals surface area (Å²) in [7, 11) is 0. The molecule has 0 aliphatic heterocycles. The fourth-order valence-corrected chi connectivity index (χ4v) is 9.38. The summed E-state index contributed by atoms with van der Waals surface area (Å²) in [6, 6.07) is 79.7. The molecule has 0 spiro atoms. The van der Waals surface area contributed by atoms with Crippen LogP contribution in [0.1, 0.15) is 25.0 Å². The lowest BCUT2D eigenvalue weighted by Crippen LogP contribution is -2.15. The van der Waals surface area contributed by atoms with Crippen molar-refractivity contribution < 1.29 is 0 Å². The third-order valence-electron chi connectivity index (χ3n) is 12.4. The van der Waals surface area contributed by atoms with Gasteiger partial charge in [-0.1, -0.05) is 166 Å². The Balaban J connectivity index is 0.968. The molecule has 1 aliphatic carbocycles. The summed E-state index contributed by atoms with van der Waals surface area (Å²) in [6.07, 6.45) is 0. The Bertz CT molecular complexity index is 3050. The van der Waals surface area contributed by atoms with Crippen molar-refractivity contribution in [3.05, 3.63) is 230 Å². The second kappa shape index (κ2) is 13.9. The summed E-state index contributed by atoms with van der Waals surface area (Å²) in [5.74, 6) is 0. The number of hydrogen-bond acceptors (Lipinski definition) is 1. The minimum Gasteiger partial charge on any atom is -0.311 e. The summed E-state index contributed by atoms with van der Waals surface area (Å²) >= 11 is 0. The van der Waals surface area contributed by atoms with E-state index in [-0.39, 0.29) is 5.41 Å². The molecular formula is C57H42N2. The molecule has 1 aromatic heterocycles. The van der Waals surface area contributed by atoms with Gasteiger partial charge in [0.15, 0.2) is 0 Å². The van der Waals surface area contributed by atoms with Crippen LogP contribution in [0.25, 0.3) is 72.0 Å². The number of aromatic nitrogens is 1. The van der Waals surface area contributed by atoms with Crippen LogP contribution in [0.15, 0.2) is 218 Å². The van der Waals surface area contributed by atoms with E-state index < -0.39 is 0 Å². The number of hydrogen-bond donors (Lipinski definition) is 0. The highest BCUT2D eigenvalue weighted by atomic mass is 15.1. The van der Waals surface area contributed by atoms with E-state index in [9.17, 15) is 0 Å². The molecule has 0 saturated heterocycles. The standard InChI is InChI=1S/C57H42N2/c1-57(2)53-19-11-9-17-49(53)50-35-34-48(38-54(50)57)59-55-20-12-10-18-51(55)52-37-44(27-36-56(52)59)43-25-32-47(33-26-43)58(45-28-21-41(22-29-45)39-13-5-3-6-14-39)46-30-23-42(24-31-46)40-15-7-4-8-16-40/h3-38H,1-2H3. The maximum atomic E-state index is 2.45. The van der Waals surface area contributed by atoms with E-state index >= 15 is 0 Å². The Labute approximate surface area is 345 Å². The Morgan fingerprint density at radius 3 is 1.41 bits per heavy atom. The van der Waals surface area contributed by atoms with E-state index in [1.54, 1.807) is 0 Å². The van der Waals surface area contributed by atoms with Gasteiger partial charge in [-0.25, -0.2) is 0 Å². The van der Waals surface area contributed by atoms with Crippen molar-refractivity contribution in [3.8, 4) is 50.2 Å². The van der Waals surface area contributed by atoms with E-state index in [2.05, 4.69) is 242 Å². The van der Waals surface area contributed by atoms with Gasteiger partial charge >= 0.3 is 0 Å². The Hall–Kier alpha value is -7.42. The molecule has 0 fully saturated rings. The highest BCUT2D eigenvalue weighted by Crippen LogP contribution is 2.49. The Morgan fingerprint density at radius 1 is 0.339 bits per heavy atom. The molecule has 9 aromatic carbocycles. The van der Waals surface area contributed by atoms with Crippen molar-refractivity contribution >= 4 is 38.9 Å². The summed E-state index contributed by atoms with van der Waals surface area (Å²) in [6.45, 7) is 4.71. The lowest BCUT2D eigenvalue weighted by atomic mass is 9.82. The van der Waals surface area contributed by atoms with Gasteiger partial charge in [0, 0.05) is 38.9 Å². The molecule has 2 nitrogen and oxygen atoms in total. The van der Waals surface area contributed by atoms with Crippen molar-refractivity contribution in [1.29, 1.82) is 0 Å². The monoisotopic (exact) mass is 754 g/mol. The predicted octanol–water partition coefficient (Wildman–Crippen LogP) is 15.6. The molecule has 11 rings (SSSR count). The second-order valence-corrected chi connectivity index (χ2v) is 16.2. The Kier molecular flexibility index (Phi) is 8.20. The average Bonchev–Trinajstić information content (AvgIpc) is 3.75. The largest absolute Gasteiger partial charge is 0.311 e. The van der Waals surface area contributed by atoms with Gasteiger partial charge in [0.25, 0.3) is 0 Å². The van der Waals surface area contributed by atoms with Crippen molar-refractivity contribution in [2.45, 2.75) is 19.3 Å². The molecule has 1 aliphatic rings. The van der Waals surface area contributed by atoms with Crippen LogP contribution < -0.4 is 4.90 Å². The Morgan fingerprint density at radius 2 is 0.797 bits per heavy atom. The highest BCUT2D eigenvalue weighted by molar-refractivity contribution is 6.10. The summed E-state index contributed by atoms with van der Waals surface area (Å²) < 4.78 is 2.45. The van der Waals surface area contributed by atoms with Crippen LogP contribution in [0.4, 0.5) is 17.1 Å². The fraction of sp³-hybridized carbons (Fsp3) is 0.0526. The molecule has 0 unspecified atom stereocenters. The molecule has 280 valence electrons. The molecule has 0 radical (unpaired) electrons. The van der Waals surface area contributed by atoms with Gasteiger partial charge in [-0.15, -0.1) is 0 Å². The third-order valence-corrected chi connectivity index (χ3v) is 12.4. The first kappa shape index (κ1) is 34.8. The maximum absolute atomic E-state index is 2.45. The number of anilines is 3. The summed E-state index contributed by atoms with van der Waals surface area (Å²) in [5, 5.41) is 2.51. The van der Waals surface area contributed by atoms with Crippen LogP contribution in [0, 0.1) is 0 Å². The van der Waals surface area contributed by atoms with Crippen LogP contribution in [0.2, 0.25) is 0 Å². The van der Waals surface area contributed by atoms with Gasteiger partial charge in [-0.05, 0) is 122 Å². The fourth-order valence-electron chi connectivity index (χ4n) is 9.38. The second-order valence-electron chi connectivity index (χ2n) is 16.2. The SMILES string of the molecule is CC1(C)c2ccccc2-c2ccc(-n3c4ccccc4c4cc(-c5ccc(N(c6ccc(-c7ccccc7)cc6)c6ccc(-c7ccccc7)cc6)cc5)ccc43)cc21. The molecule has 10 aromatic rings. The van der Waals surface area contributed by atoms with E-state index in [4.69, 9.17) is 0 Å². The van der Waals surface area contributed by atoms with Crippen LogP contribution >= 0.6 is 0 Å². The highest BCUT2D eigenvalue weighted by Gasteiger charge is 2.35. The van der Waals surface area contributed by atoms with E-state index in [1.165, 1.54) is 83.1 Å². The van der Waals surface area contributed by atoms with E-state index in [0.29, 0.717) is 0 Å². The van der Waals surface area contributed by atoms with Gasteiger partial charge < -0.3 is 9.47 Å². The quantitative estimate of drug-likeness (QED) is 0.157. The van der Waals surface area contributed by atoms with Crippen LogP contribution in [-0.2, 0) is 5.41 Å². The molecule has 1 heterocycles. The van der Waals surface area contributed by atoms with Crippen molar-refractivity contribution in [1.82, 2.24) is 4.57 Å². The first-order valence-electron chi connectivity index (χ1n) is 20.5. The van der Waals surface area contributed by atoms with Gasteiger partial charge in [0.05, 0.1) is 11.0 Å².